The van der Waals surface area contributed by atoms with E-state index in [0.29, 0.717) is 0 Å². The minimum Gasteiger partial charge on any atom is -0.477 e. The van der Waals surface area contributed by atoms with E-state index >= 15 is 0 Å². The maximum Gasteiger partial charge on any atom is 0.364 e. The highest BCUT2D eigenvalue weighted by atomic mass is 16.7. The summed E-state index contributed by atoms with van der Waals surface area (Å²) in [6.45, 7) is 0.722. The van der Waals surface area contributed by atoms with Gasteiger partial charge in [-0.3, -0.25) is 0 Å². The molecule has 1 heterocycles. The fourth-order valence-corrected chi connectivity index (χ4v) is 1.91. The zero-order valence-electron chi connectivity index (χ0n) is 9.80. The van der Waals surface area contributed by atoms with Crippen molar-refractivity contribution in [3.8, 4) is 0 Å². The summed E-state index contributed by atoms with van der Waals surface area (Å²) in [5.41, 5.74) is 0. The van der Waals surface area contributed by atoms with Gasteiger partial charge in [-0.25, -0.2) is 4.79 Å². The number of ether oxygens (including phenoxy) is 1. The van der Waals surface area contributed by atoms with Crippen molar-refractivity contribution in [2.45, 2.75) is 43.5 Å². The van der Waals surface area contributed by atoms with Gasteiger partial charge in [0, 0.05) is 12.3 Å². The molecule has 6 atom stereocenters. The molecule has 6 N–H and O–H groups in total. The third kappa shape index (κ3) is 2.79. The molecule has 0 amide bonds. The first-order valence-electron chi connectivity index (χ1n) is 5.51. The Bertz CT molecular complexity index is 308. The van der Waals surface area contributed by atoms with Gasteiger partial charge in [0.2, 0.25) is 0 Å². The maximum absolute atomic E-state index is 10.9. The summed E-state index contributed by atoms with van der Waals surface area (Å²) in [5.74, 6) is -5.02. The molecule has 1 aliphatic rings. The van der Waals surface area contributed by atoms with Crippen LogP contribution in [0.3, 0.4) is 0 Å². The van der Waals surface area contributed by atoms with Crippen molar-refractivity contribution in [3.05, 3.63) is 0 Å². The van der Waals surface area contributed by atoms with Gasteiger partial charge < -0.3 is 35.4 Å². The zero-order chi connectivity index (χ0) is 14.1. The van der Waals surface area contributed by atoms with E-state index < -0.39 is 55.1 Å². The lowest BCUT2D eigenvalue weighted by molar-refractivity contribution is -0.302. The lowest BCUT2D eigenvalue weighted by Crippen LogP contribution is -2.60. The van der Waals surface area contributed by atoms with Crippen molar-refractivity contribution < 1.29 is 40.2 Å². The van der Waals surface area contributed by atoms with E-state index in [1.165, 1.54) is 6.92 Å². The average molecular weight is 266 g/mol. The van der Waals surface area contributed by atoms with Gasteiger partial charge in [-0.05, 0) is 0 Å². The van der Waals surface area contributed by atoms with Crippen LogP contribution >= 0.6 is 0 Å². The van der Waals surface area contributed by atoms with Crippen molar-refractivity contribution in [2.75, 3.05) is 6.61 Å². The van der Waals surface area contributed by atoms with Gasteiger partial charge >= 0.3 is 5.97 Å². The highest BCUT2D eigenvalue weighted by Gasteiger charge is 2.51. The van der Waals surface area contributed by atoms with Crippen LogP contribution in [-0.4, -0.2) is 73.4 Å². The SMILES string of the molecule is C[C@H]1C([C@H](O)[C@H](O)CO)O[C@@](O)(C(=O)O)C[C@@H]1O. The van der Waals surface area contributed by atoms with E-state index in [0.717, 1.165) is 0 Å². The Morgan fingerprint density at radius 1 is 1.50 bits per heavy atom. The van der Waals surface area contributed by atoms with Crippen molar-refractivity contribution in [3.63, 3.8) is 0 Å². The van der Waals surface area contributed by atoms with Gasteiger partial charge in [-0.2, -0.15) is 0 Å². The van der Waals surface area contributed by atoms with Gasteiger partial charge in [-0.1, -0.05) is 6.92 Å². The first kappa shape index (κ1) is 15.3. The molecule has 0 aliphatic carbocycles. The van der Waals surface area contributed by atoms with Crippen LogP contribution in [-0.2, 0) is 9.53 Å². The molecule has 1 fully saturated rings. The van der Waals surface area contributed by atoms with Crippen molar-refractivity contribution in [1.29, 1.82) is 0 Å². The lowest BCUT2D eigenvalue weighted by Gasteiger charge is -2.43. The van der Waals surface area contributed by atoms with Crippen molar-refractivity contribution >= 4 is 5.97 Å². The molecule has 0 bridgehead atoms. The van der Waals surface area contributed by atoms with E-state index in [1.807, 2.05) is 0 Å². The van der Waals surface area contributed by atoms with Crippen molar-refractivity contribution in [2.24, 2.45) is 5.92 Å². The summed E-state index contributed by atoms with van der Waals surface area (Å²) in [7, 11) is 0. The first-order valence-corrected chi connectivity index (χ1v) is 5.51. The van der Waals surface area contributed by atoms with Crippen LogP contribution in [0, 0.1) is 5.92 Å². The normalized spacial score (nSPS) is 40.2. The van der Waals surface area contributed by atoms with E-state index in [9.17, 15) is 25.2 Å². The lowest BCUT2D eigenvalue weighted by atomic mass is 9.85. The molecule has 1 aliphatic heterocycles. The molecule has 8 heteroatoms. The maximum atomic E-state index is 10.9. The molecule has 18 heavy (non-hydrogen) atoms. The highest BCUT2D eigenvalue weighted by Crippen LogP contribution is 2.33. The molecular weight excluding hydrogens is 248 g/mol. The molecule has 0 aromatic heterocycles. The molecule has 8 nitrogen and oxygen atoms in total. The summed E-state index contributed by atoms with van der Waals surface area (Å²) < 4.78 is 4.88. The Morgan fingerprint density at radius 3 is 2.50 bits per heavy atom. The number of aliphatic hydroxyl groups excluding tert-OH is 4. The van der Waals surface area contributed by atoms with Crippen LogP contribution in [0.2, 0.25) is 0 Å². The molecule has 1 unspecified atom stereocenters. The quantitative estimate of drug-likeness (QED) is 0.321. The highest BCUT2D eigenvalue weighted by molar-refractivity contribution is 5.75. The smallest absolute Gasteiger partial charge is 0.364 e. The Morgan fingerprint density at radius 2 is 2.06 bits per heavy atom. The fourth-order valence-electron chi connectivity index (χ4n) is 1.91. The molecule has 0 radical (unpaired) electrons. The summed E-state index contributed by atoms with van der Waals surface area (Å²) in [4.78, 5) is 10.9. The monoisotopic (exact) mass is 266 g/mol. The first-order chi connectivity index (χ1) is 8.23. The topological polar surface area (TPSA) is 148 Å². The summed E-state index contributed by atoms with van der Waals surface area (Å²) in [6.07, 6.45) is -6.24. The van der Waals surface area contributed by atoms with E-state index in [4.69, 9.17) is 14.9 Å². The van der Waals surface area contributed by atoms with E-state index in [2.05, 4.69) is 0 Å². The molecule has 0 saturated carbocycles. The number of hydrogen-bond donors (Lipinski definition) is 6. The van der Waals surface area contributed by atoms with E-state index in [1.54, 1.807) is 0 Å². The van der Waals surface area contributed by atoms with Crippen LogP contribution in [0.25, 0.3) is 0 Å². The van der Waals surface area contributed by atoms with Gasteiger partial charge in [0.25, 0.3) is 5.79 Å². The average Bonchev–Trinajstić information content (AvgIpc) is 2.31. The third-order valence-electron chi connectivity index (χ3n) is 3.19. The van der Waals surface area contributed by atoms with Gasteiger partial charge in [0.1, 0.15) is 12.2 Å². The van der Waals surface area contributed by atoms with Gasteiger partial charge in [-0.15, -0.1) is 0 Å². The Kier molecular flexibility index (Phi) is 4.65. The van der Waals surface area contributed by atoms with Crippen LogP contribution in [0.1, 0.15) is 13.3 Å². The zero-order valence-corrected chi connectivity index (χ0v) is 9.80. The van der Waals surface area contributed by atoms with Crippen molar-refractivity contribution in [1.82, 2.24) is 0 Å². The molecule has 0 spiro atoms. The molecule has 1 rings (SSSR count). The predicted molar refractivity (Wildman–Crippen MR) is 56.3 cm³/mol. The second-order valence-corrected chi connectivity index (χ2v) is 4.54. The molecular formula is C10H18O8. The van der Waals surface area contributed by atoms with E-state index in [-0.39, 0.29) is 0 Å². The number of rotatable bonds is 4. The summed E-state index contributed by atoms with van der Waals surface area (Å²) in [5, 5.41) is 55.9. The molecule has 0 aromatic rings. The Balaban J connectivity index is 2.92. The Labute approximate surface area is 103 Å². The largest absolute Gasteiger partial charge is 0.477 e. The van der Waals surface area contributed by atoms with Gasteiger partial charge in [0.15, 0.2) is 0 Å². The number of carboxylic acid groups (broad SMARTS) is 1. The second-order valence-electron chi connectivity index (χ2n) is 4.54. The number of aliphatic hydroxyl groups is 5. The summed E-state index contributed by atoms with van der Waals surface area (Å²) >= 11 is 0. The fraction of sp³-hybridized carbons (Fsp3) is 0.900. The van der Waals surface area contributed by atoms with Crippen LogP contribution in [0.4, 0.5) is 0 Å². The number of carboxylic acids is 1. The molecule has 1 saturated heterocycles. The molecule has 106 valence electrons. The second kappa shape index (κ2) is 5.47. The van der Waals surface area contributed by atoms with Crippen LogP contribution in [0.5, 0.6) is 0 Å². The number of hydrogen-bond acceptors (Lipinski definition) is 7. The number of carbonyl (C=O) groups is 1. The number of aliphatic carboxylic acids is 1. The molecule has 0 aromatic carbocycles. The Hall–Kier alpha value is -0.770. The van der Waals surface area contributed by atoms with Gasteiger partial charge in [0.05, 0.1) is 18.8 Å². The minimum atomic E-state index is -2.62. The summed E-state index contributed by atoms with van der Waals surface area (Å²) in [6, 6.07) is 0. The standard InChI is InChI=1S/C10H18O8/c1-4-5(12)2-10(17,9(15)16)18-8(4)7(14)6(13)3-11/h4-8,11-14,17H,2-3H2,1H3,(H,15,16)/t4-,5+,6-,7-,8?,10-/m1/s1. The predicted octanol–water partition coefficient (Wildman–Crippen LogP) is -2.74. The van der Waals surface area contributed by atoms with Crippen LogP contribution < -0.4 is 0 Å². The minimum absolute atomic E-state index is 0.540. The third-order valence-corrected chi connectivity index (χ3v) is 3.19. The van der Waals surface area contributed by atoms with Crippen LogP contribution in [0.15, 0.2) is 0 Å².